The highest BCUT2D eigenvalue weighted by molar-refractivity contribution is 6.28. The summed E-state index contributed by atoms with van der Waals surface area (Å²) in [6.45, 7) is 3.40. The summed E-state index contributed by atoms with van der Waals surface area (Å²) >= 11 is 5.27. The van der Waals surface area contributed by atoms with E-state index in [4.69, 9.17) is 16.3 Å². The van der Waals surface area contributed by atoms with Gasteiger partial charge < -0.3 is 4.74 Å². The molecule has 0 aliphatic rings. The van der Waals surface area contributed by atoms with Gasteiger partial charge in [0.1, 0.15) is 0 Å². The topological polar surface area (TPSA) is 43.4 Å². The van der Waals surface area contributed by atoms with Crippen LogP contribution in [0.4, 0.5) is 0 Å². The van der Waals surface area contributed by atoms with Gasteiger partial charge in [0.15, 0.2) is 11.9 Å². The van der Waals surface area contributed by atoms with Gasteiger partial charge in [0.25, 0.3) is 0 Å². The second-order valence-corrected chi connectivity index (χ2v) is 2.75. The van der Waals surface area contributed by atoms with Crippen LogP contribution in [0.25, 0.3) is 0 Å². The molecule has 0 saturated heterocycles. The minimum Gasteiger partial charge on any atom is -0.455 e. The highest BCUT2D eigenvalue weighted by atomic mass is 35.5. The molecule has 12 heavy (non-hydrogen) atoms. The van der Waals surface area contributed by atoms with E-state index >= 15 is 0 Å². The number of halogens is 1. The molecule has 0 radical (unpaired) electrons. The number of hydrogen-bond acceptors (Lipinski definition) is 3. The maximum absolute atomic E-state index is 10.9. The average Bonchev–Trinajstić information content (AvgIpc) is 2.03. The molecule has 0 spiro atoms. The lowest BCUT2D eigenvalue weighted by molar-refractivity contribution is -0.153. The number of Topliss-reactive ketones (excluding diaryl/α,β-unsaturated/α-hetero) is 1. The molecule has 0 amide bonds. The SMILES string of the molecule is CCCC(=O)OC(C)C(=O)CCl. The average molecular weight is 193 g/mol. The second kappa shape index (κ2) is 6.00. The highest BCUT2D eigenvalue weighted by Crippen LogP contribution is 1.99. The number of ether oxygens (including phenoxy) is 1. The second-order valence-electron chi connectivity index (χ2n) is 2.48. The summed E-state index contributed by atoms with van der Waals surface area (Å²) in [6.07, 6.45) is 0.363. The van der Waals surface area contributed by atoms with Crippen LogP contribution in [0.15, 0.2) is 0 Å². The standard InChI is InChI=1S/C8H13ClO3/c1-3-4-8(11)12-6(2)7(10)5-9/h6H,3-5H2,1-2H3. The van der Waals surface area contributed by atoms with E-state index in [9.17, 15) is 9.59 Å². The van der Waals surface area contributed by atoms with Crippen molar-refractivity contribution in [2.75, 3.05) is 5.88 Å². The first-order chi connectivity index (χ1) is 5.61. The maximum atomic E-state index is 10.9. The van der Waals surface area contributed by atoms with E-state index in [0.29, 0.717) is 6.42 Å². The molecule has 0 rings (SSSR count). The predicted octanol–water partition coefficient (Wildman–Crippen LogP) is 1.53. The van der Waals surface area contributed by atoms with Gasteiger partial charge >= 0.3 is 5.97 Å². The first-order valence-corrected chi connectivity index (χ1v) is 4.43. The Morgan fingerprint density at radius 3 is 2.50 bits per heavy atom. The van der Waals surface area contributed by atoms with Crippen LogP contribution < -0.4 is 0 Å². The number of alkyl halides is 1. The van der Waals surface area contributed by atoms with Crippen LogP contribution in [0.2, 0.25) is 0 Å². The first-order valence-electron chi connectivity index (χ1n) is 3.90. The van der Waals surface area contributed by atoms with Crippen molar-refractivity contribution >= 4 is 23.4 Å². The molecule has 0 bridgehead atoms. The fourth-order valence-corrected chi connectivity index (χ4v) is 0.852. The maximum Gasteiger partial charge on any atom is 0.306 e. The van der Waals surface area contributed by atoms with Crippen LogP contribution in [0, 0.1) is 0 Å². The third kappa shape index (κ3) is 4.34. The molecule has 0 aromatic heterocycles. The Hall–Kier alpha value is -0.570. The van der Waals surface area contributed by atoms with E-state index < -0.39 is 6.10 Å². The molecule has 0 aromatic rings. The third-order valence-corrected chi connectivity index (χ3v) is 1.61. The Bertz CT molecular complexity index is 168. The van der Waals surface area contributed by atoms with Crippen molar-refractivity contribution in [3.05, 3.63) is 0 Å². The summed E-state index contributed by atoms with van der Waals surface area (Å²) in [5.74, 6) is -0.717. The molecule has 0 N–H and O–H groups in total. The molecule has 0 heterocycles. The number of hydrogen-bond donors (Lipinski definition) is 0. The number of ketones is 1. The predicted molar refractivity (Wildman–Crippen MR) is 46.2 cm³/mol. The van der Waals surface area contributed by atoms with Crippen LogP contribution in [0.3, 0.4) is 0 Å². The van der Waals surface area contributed by atoms with Gasteiger partial charge in [-0.15, -0.1) is 11.6 Å². The van der Waals surface area contributed by atoms with Crippen molar-refractivity contribution in [3.63, 3.8) is 0 Å². The van der Waals surface area contributed by atoms with Crippen LogP contribution in [0.5, 0.6) is 0 Å². The Kier molecular flexibility index (Phi) is 5.72. The monoisotopic (exact) mass is 192 g/mol. The van der Waals surface area contributed by atoms with Gasteiger partial charge in [-0.05, 0) is 13.3 Å². The lowest BCUT2D eigenvalue weighted by Gasteiger charge is -2.09. The molecule has 1 atom stereocenters. The van der Waals surface area contributed by atoms with Gasteiger partial charge in [0, 0.05) is 6.42 Å². The zero-order chi connectivity index (χ0) is 9.56. The van der Waals surface area contributed by atoms with Crippen molar-refractivity contribution in [2.45, 2.75) is 32.8 Å². The fraction of sp³-hybridized carbons (Fsp3) is 0.750. The summed E-state index contributed by atoms with van der Waals surface area (Å²) in [5.41, 5.74) is 0. The van der Waals surface area contributed by atoms with Gasteiger partial charge in [0.05, 0.1) is 5.88 Å². The van der Waals surface area contributed by atoms with Gasteiger partial charge in [-0.25, -0.2) is 0 Å². The zero-order valence-electron chi connectivity index (χ0n) is 7.30. The van der Waals surface area contributed by atoms with E-state index in [0.717, 1.165) is 6.42 Å². The third-order valence-electron chi connectivity index (χ3n) is 1.35. The number of rotatable bonds is 5. The molecule has 0 aliphatic carbocycles. The first kappa shape index (κ1) is 11.4. The Labute approximate surface area is 77.0 Å². The van der Waals surface area contributed by atoms with Crippen LogP contribution in [-0.4, -0.2) is 23.7 Å². The lowest BCUT2D eigenvalue weighted by atomic mass is 10.3. The summed E-state index contributed by atoms with van der Waals surface area (Å²) < 4.78 is 4.77. The minimum absolute atomic E-state index is 0.111. The van der Waals surface area contributed by atoms with E-state index in [1.54, 1.807) is 0 Å². The number of carbonyl (C=O) groups is 2. The molecular formula is C8H13ClO3. The van der Waals surface area contributed by atoms with Gasteiger partial charge in [0.2, 0.25) is 0 Å². The van der Waals surface area contributed by atoms with Crippen molar-refractivity contribution in [3.8, 4) is 0 Å². The Morgan fingerprint density at radius 2 is 2.08 bits per heavy atom. The molecule has 1 unspecified atom stereocenters. The summed E-state index contributed by atoms with van der Waals surface area (Å²) in [4.78, 5) is 21.7. The smallest absolute Gasteiger partial charge is 0.306 e. The molecule has 4 heteroatoms. The van der Waals surface area contributed by atoms with E-state index in [2.05, 4.69) is 0 Å². The Morgan fingerprint density at radius 1 is 1.50 bits per heavy atom. The van der Waals surface area contributed by atoms with Crippen LogP contribution in [-0.2, 0) is 14.3 Å². The van der Waals surface area contributed by atoms with E-state index in [1.165, 1.54) is 6.92 Å². The number of carbonyl (C=O) groups excluding carboxylic acids is 2. The molecule has 3 nitrogen and oxygen atoms in total. The molecule has 0 saturated carbocycles. The largest absolute Gasteiger partial charge is 0.455 e. The van der Waals surface area contributed by atoms with Crippen molar-refractivity contribution in [1.29, 1.82) is 0 Å². The summed E-state index contributed by atoms with van der Waals surface area (Å²) in [5, 5.41) is 0. The molecule has 70 valence electrons. The molecule has 0 aliphatic heterocycles. The highest BCUT2D eigenvalue weighted by Gasteiger charge is 2.15. The Balaban J connectivity index is 3.75. The molecular weight excluding hydrogens is 180 g/mol. The van der Waals surface area contributed by atoms with Gasteiger partial charge in [-0.2, -0.15) is 0 Å². The summed E-state index contributed by atoms with van der Waals surface area (Å²) in [6, 6.07) is 0. The van der Waals surface area contributed by atoms with E-state index in [1.807, 2.05) is 6.92 Å². The van der Waals surface area contributed by atoms with Crippen molar-refractivity contribution in [1.82, 2.24) is 0 Å². The van der Waals surface area contributed by atoms with Crippen LogP contribution in [0.1, 0.15) is 26.7 Å². The van der Waals surface area contributed by atoms with E-state index in [-0.39, 0.29) is 17.6 Å². The zero-order valence-corrected chi connectivity index (χ0v) is 8.06. The normalized spacial score (nSPS) is 12.2. The molecule has 0 aromatic carbocycles. The lowest BCUT2D eigenvalue weighted by Crippen LogP contribution is -2.24. The summed E-state index contributed by atoms with van der Waals surface area (Å²) in [7, 11) is 0. The number of esters is 1. The van der Waals surface area contributed by atoms with Gasteiger partial charge in [-0.3, -0.25) is 9.59 Å². The minimum atomic E-state index is -0.707. The van der Waals surface area contributed by atoms with Crippen LogP contribution >= 0.6 is 11.6 Å². The quantitative estimate of drug-likeness (QED) is 0.490. The van der Waals surface area contributed by atoms with Gasteiger partial charge in [-0.1, -0.05) is 6.92 Å². The van der Waals surface area contributed by atoms with Crippen molar-refractivity contribution < 1.29 is 14.3 Å². The van der Waals surface area contributed by atoms with Crippen molar-refractivity contribution in [2.24, 2.45) is 0 Å². The molecule has 0 fully saturated rings. The fourth-order valence-electron chi connectivity index (χ4n) is 0.635.